The van der Waals surface area contributed by atoms with E-state index >= 15 is 0 Å². The molecular formula is C11H19N6O11P3. The van der Waals surface area contributed by atoms with Crippen LogP contribution in [-0.2, 0) is 31.6 Å². The number of rotatable bonds is 9. The molecule has 17 nitrogen and oxygen atoms in total. The minimum atomic E-state index is -5.61. The average molecular weight is 504 g/mol. The second-order valence-corrected chi connectivity index (χ2v) is 10.8. The van der Waals surface area contributed by atoms with Crippen LogP contribution in [0.1, 0.15) is 12.6 Å². The lowest BCUT2D eigenvalue weighted by atomic mass is 10.0. The molecule has 0 aromatic carbocycles. The van der Waals surface area contributed by atoms with E-state index in [1.807, 2.05) is 0 Å². The highest BCUT2D eigenvalue weighted by molar-refractivity contribution is 7.66. The second kappa shape index (κ2) is 8.90. The summed E-state index contributed by atoms with van der Waals surface area (Å²) in [5.74, 6) is -0.199. The first-order chi connectivity index (χ1) is 14.3. The predicted molar refractivity (Wildman–Crippen MR) is 101 cm³/mol. The van der Waals surface area contributed by atoms with Crippen molar-refractivity contribution >= 4 is 40.4 Å². The number of imidazole rings is 1. The molecule has 2 aromatic rings. The van der Waals surface area contributed by atoms with Crippen molar-refractivity contribution in [3.8, 4) is 0 Å². The quantitative estimate of drug-likeness (QED) is 0.237. The Morgan fingerprint density at radius 3 is 2.48 bits per heavy atom. The first-order valence-electron chi connectivity index (χ1n) is 8.37. The third kappa shape index (κ3) is 6.14. The molecule has 1 aliphatic heterocycles. The molecule has 0 spiro atoms. The molecule has 174 valence electrons. The van der Waals surface area contributed by atoms with Crippen LogP contribution in [-0.4, -0.2) is 58.3 Å². The molecule has 3 heterocycles. The summed E-state index contributed by atoms with van der Waals surface area (Å²) in [6.45, 7) is -0.503. The van der Waals surface area contributed by atoms with E-state index in [1.54, 1.807) is 4.57 Å². The minimum Gasteiger partial charge on any atom is -0.382 e. The zero-order valence-electron chi connectivity index (χ0n) is 15.4. The van der Waals surface area contributed by atoms with Gasteiger partial charge in [-0.2, -0.15) is 8.62 Å². The molecule has 5 unspecified atom stereocenters. The summed E-state index contributed by atoms with van der Waals surface area (Å²) in [7, 11) is -16.4. The van der Waals surface area contributed by atoms with Gasteiger partial charge in [-0.25, -0.2) is 28.6 Å². The van der Waals surface area contributed by atoms with E-state index in [1.165, 1.54) is 12.7 Å². The molecule has 31 heavy (non-hydrogen) atoms. The molecule has 5 atom stereocenters. The average Bonchev–Trinajstić information content (AvgIpc) is 3.21. The molecular weight excluding hydrogens is 485 g/mol. The van der Waals surface area contributed by atoms with Crippen molar-refractivity contribution in [1.29, 1.82) is 0 Å². The Balaban J connectivity index is 1.67. The van der Waals surface area contributed by atoms with Crippen molar-refractivity contribution in [2.75, 3.05) is 18.9 Å². The number of phosphoric acid groups is 3. The van der Waals surface area contributed by atoms with Gasteiger partial charge in [-0.3, -0.25) is 9.09 Å². The number of hydrogen-bond donors (Lipinski definition) is 6. The number of phosphoric ester groups is 1. The number of aromatic nitrogens is 4. The van der Waals surface area contributed by atoms with Crippen LogP contribution in [0.2, 0.25) is 0 Å². The van der Waals surface area contributed by atoms with Crippen molar-refractivity contribution in [3.05, 3.63) is 12.7 Å². The molecule has 1 saturated heterocycles. The normalized spacial score (nSPS) is 26.0. The van der Waals surface area contributed by atoms with Crippen molar-refractivity contribution < 1.29 is 51.2 Å². The van der Waals surface area contributed by atoms with Gasteiger partial charge in [-0.1, -0.05) is 0 Å². The molecule has 1 aliphatic rings. The summed E-state index contributed by atoms with van der Waals surface area (Å²) >= 11 is 0. The number of hydrogen-bond acceptors (Lipinski definition) is 12. The number of nitrogens with zero attached hydrogens (tertiary/aromatic N) is 4. The number of ether oxygens (including phenoxy) is 1. The minimum absolute atomic E-state index is 0.102. The van der Waals surface area contributed by atoms with Gasteiger partial charge in [0.05, 0.1) is 19.0 Å². The van der Waals surface area contributed by atoms with Crippen molar-refractivity contribution in [2.45, 2.75) is 18.8 Å². The smallest absolute Gasteiger partial charge is 0.382 e. The maximum Gasteiger partial charge on any atom is 0.490 e. The Bertz CT molecular complexity index is 1090. The third-order valence-corrected chi connectivity index (χ3v) is 7.98. The summed E-state index contributed by atoms with van der Waals surface area (Å²) in [5, 5.41) is 0. The first-order valence-corrected chi connectivity index (χ1v) is 12.9. The highest BCUT2D eigenvalue weighted by Crippen LogP contribution is 2.66. The van der Waals surface area contributed by atoms with Gasteiger partial charge in [0.15, 0.2) is 11.5 Å². The standard InChI is InChI=1S/C11H19N6O11P3/c12-2-6-1-8(17-5-16-9-10(13)14-4-15-11(9)17)26-7(6)3-25-30(21,22)28-31(23,24)27-29(18,19)20/h4-8H,1-3,12H2,(H,21,22)(H,23,24)(H2,13,14,15)(H2,18,19,20). The van der Waals surface area contributed by atoms with E-state index < -0.39 is 42.4 Å². The SMILES string of the molecule is NCC1CC(n2cnc3c(N)ncnc32)OC1COP(=O)(O)OP(=O)(O)OP(=O)(O)O. The van der Waals surface area contributed by atoms with E-state index in [2.05, 4.69) is 28.1 Å². The maximum atomic E-state index is 11.9. The Morgan fingerprint density at radius 2 is 1.84 bits per heavy atom. The van der Waals surface area contributed by atoms with Gasteiger partial charge in [0.25, 0.3) is 0 Å². The van der Waals surface area contributed by atoms with Crippen LogP contribution in [0.3, 0.4) is 0 Å². The van der Waals surface area contributed by atoms with E-state index in [4.69, 9.17) is 26.0 Å². The fraction of sp³-hybridized carbons (Fsp3) is 0.545. The molecule has 2 aromatic heterocycles. The zero-order chi connectivity index (χ0) is 23.0. The van der Waals surface area contributed by atoms with E-state index in [0.29, 0.717) is 17.6 Å². The summed E-state index contributed by atoms with van der Waals surface area (Å²) in [6, 6.07) is 0. The van der Waals surface area contributed by atoms with E-state index in [-0.39, 0.29) is 18.3 Å². The summed E-state index contributed by atoms with van der Waals surface area (Å²) in [6.07, 6.45) is 1.53. The highest BCUT2D eigenvalue weighted by atomic mass is 31.3. The fourth-order valence-corrected chi connectivity index (χ4v) is 5.96. The molecule has 0 aliphatic carbocycles. The van der Waals surface area contributed by atoms with Crippen LogP contribution in [0, 0.1) is 5.92 Å². The molecule has 3 rings (SSSR count). The Hall–Kier alpha value is -1.32. The molecule has 0 amide bonds. The van der Waals surface area contributed by atoms with E-state index in [0.717, 1.165) is 0 Å². The maximum absolute atomic E-state index is 11.9. The van der Waals surface area contributed by atoms with Crippen molar-refractivity contribution in [2.24, 2.45) is 11.7 Å². The highest BCUT2D eigenvalue weighted by Gasteiger charge is 2.43. The van der Waals surface area contributed by atoms with Gasteiger partial charge in [-0.05, 0) is 13.0 Å². The zero-order valence-corrected chi connectivity index (χ0v) is 18.1. The van der Waals surface area contributed by atoms with Gasteiger partial charge >= 0.3 is 23.5 Å². The van der Waals surface area contributed by atoms with Gasteiger partial charge in [0, 0.05) is 5.92 Å². The lowest BCUT2D eigenvalue weighted by Gasteiger charge is -2.20. The Kier molecular flexibility index (Phi) is 6.99. The molecule has 0 bridgehead atoms. The van der Waals surface area contributed by atoms with E-state index in [9.17, 15) is 23.5 Å². The summed E-state index contributed by atoms with van der Waals surface area (Å²) < 4.78 is 53.3. The molecule has 0 radical (unpaired) electrons. The van der Waals surface area contributed by atoms with Crippen LogP contribution in [0.5, 0.6) is 0 Å². The van der Waals surface area contributed by atoms with Crippen LogP contribution in [0.15, 0.2) is 12.7 Å². The second-order valence-electron chi connectivity index (χ2n) is 6.33. The number of fused-ring (bicyclic) bond motifs is 1. The largest absolute Gasteiger partial charge is 0.490 e. The first kappa shape index (κ1) is 24.3. The summed E-state index contributed by atoms with van der Waals surface area (Å²) in [5.41, 5.74) is 12.2. The lowest BCUT2D eigenvalue weighted by Crippen LogP contribution is -2.27. The van der Waals surface area contributed by atoms with Gasteiger partial charge in [0.2, 0.25) is 0 Å². The van der Waals surface area contributed by atoms with Crippen LogP contribution < -0.4 is 11.5 Å². The number of nitrogen functional groups attached to an aromatic ring is 1. The van der Waals surface area contributed by atoms with Crippen molar-refractivity contribution in [1.82, 2.24) is 19.5 Å². The lowest BCUT2D eigenvalue weighted by molar-refractivity contribution is -0.0279. The Morgan fingerprint density at radius 1 is 1.13 bits per heavy atom. The number of nitrogens with two attached hydrogens (primary N) is 2. The predicted octanol–water partition coefficient (Wildman–Crippen LogP) is -0.386. The van der Waals surface area contributed by atoms with Gasteiger partial charge < -0.3 is 35.8 Å². The van der Waals surface area contributed by atoms with Gasteiger partial charge in [0.1, 0.15) is 18.1 Å². The topological polar surface area (TPSA) is 265 Å². The van der Waals surface area contributed by atoms with Crippen LogP contribution >= 0.6 is 23.5 Å². The molecule has 8 N–H and O–H groups in total. The molecule has 20 heteroatoms. The van der Waals surface area contributed by atoms with Crippen LogP contribution in [0.4, 0.5) is 5.82 Å². The Labute approximate surface area is 173 Å². The van der Waals surface area contributed by atoms with Crippen LogP contribution in [0.25, 0.3) is 11.2 Å². The fourth-order valence-electron chi connectivity index (χ4n) is 2.93. The van der Waals surface area contributed by atoms with Crippen molar-refractivity contribution in [3.63, 3.8) is 0 Å². The number of anilines is 1. The molecule has 1 fully saturated rings. The molecule has 0 saturated carbocycles. The summed E-state index contributed by atoms with van der Waals surface area (Å²) in [4.78, 5) is 47.9. The monoisotopic (exact) mass is 504 g/mol. The van der Waals surface area contributed by atoms with Gasteiger partial charge in [-0.15, -0.1) is 0 Å². The third-order valence-electron chi connectivity index (χ3n) is 4.18.